The fourth-order valence-corrected chi connectivity index (χ4v) is 2.84. The van der Waals surface area contributed by atoms with Crippen molar-refractivity contribution >= 4 is 23.4 Å². The van der Waals surface area contributed by atoms with Crippen LogP contribution < -0.4 is 4.74 Å². The summed E-state index contributed by atoms with van der Waals surface area (Å²) in [4.78, 5) is 24.7. The molecule has 0 saturated heterocycles. The Morgan fingerprint density at radius 2 is 1.96 bits per heavy atom. The predicted octanol–water partition coefficient (Wildman–Crippen LogP) is 3.73. The van der Waals surface area contributed by atoms with E-state index in [1.807, 2.05) is 0 Å². The minimum Gasteiger partial charge on any atom is -0.485 e. The van der Waals surface area contributed by atoms with Gasteiger partial charge >= 0.3 is 5.97 Å². The first-order valence-electron chi connectivity index (χ1n) is 7.61. The van der Waals surface area contributed by atoms with Crippen LogP contribution in [0.15, 0.2) is 24.3 Å². The molecule has 0 amide bonds. The SMILES string of the molecule is CCOC(=O)c1c(C)c(C(=O)COc2cccc(Cl)c2)c(C)n1C. The Bertz CT molecular complexity index is 780. The molecule has 0 radical (unpaired) electrons. The zero-order chi connectivity index (χ0) is 17.9. The van der Waals surface area contributed by atoms with Gasteiger partial charge in [0.1, 0.15) is 11.4 Å². The highest BCUT2D eigenvalue weighted by Crippen LogP contribution is 2.23. The minimum absolute atomic E-state index is 0.131. The molecule has 0 N–H and O–H groups in total. The number of carbonyl (C=O) groups is 2. The van der Waals surface area contributed by atoms with Crippen molar-refractivity contribution < 1.29 is 19.1 Å². The fraction of sp³-hybridized carbons (Fsp3) is 0.333. The highest BCUT2D eigenvalue weighted by atomic mass is 35.5. The number of ether oxygens (including phenoxy) is 2. The smallest absolute Gasteiger partial charge is 0.355 e. The van der Waals surface area contributed by atoms with Crippen LogP contribution in [0.2, 0.25) is 5.02 Å². The van der Waals surface area contributed by atoms with E-state index in [0.29, 0.717) is 33.3 Å². The molecule has 0 unspecified atom stereocenters. The van der Waals surface area contributed by atoms with Crippen LogP contribution in [-0.2, 0) is 11.8 Å². The van der Waals surface area contributed by atoms with Crippen molar-refractivity contribution in [3.05, 3.63) is 51.8 Å². The molecule has 1 aromatic carbocycles. The quantitative estimate of drug-likeness (QED) is 0.589. The molecular weight excluding hydrogens is 330 g/mol. The third-order valence-corrected chi connectivity index (χ3v) is 4.08. The number of ketones is 1. The Kier molecular flexibility index (Phi) is 5.67. The Hall–Kier alpha value is -2.27. The number of esters is 1. The first kappa shape index (κ1) is 18.1. The molecule has 2 rings (SSSR count). The average Bonchev–Trinajstić information content (AvgIpc) is 2.75. The van der Waals surface area contributed by atoms with Crippen LogP contribution in [0.3, 0.4) is 0 Å². The summed E-state index contributed by atoms with van der Waals surface area (Å²) in [5.74, 6) is -0.112. The van der Waals surface area contributed by atoms with Crippen molar-refractivity contribution in [3.63, 3.8) is 0 Å². The highest BCUT2D eigenvalue weighted by molar-refractivity contribution is 6.30. The summed E-state index contributed by atoms with van der Waals surface area (Å²) in [7, 11) is 1.74. The lowest BCUT2D eigenvalue weighted by atomic mass is 10.1. The lowest BCUT2D eigenvalue weighted by Gasteiger charge is -2.06. The highest BCUT2D eigenvalue weighted by Gasteiger charge is 2.25. The fourth-order valence-electron chi connectivity index (χ4n) is 2.65. The summed E-state index contributed by atoms with van der Waals surface area (Å²) in [6.07, 6.45) is 0. The first-order chi connectivity index (χ1) is 11.4. The van der Waals surface area contributed by atoms with Crippen molar-refractivity contribution in [3.8, 4) is 5.75 Å². The second-order valence-electron chi connectivity index (χ2n) is 5.38. The van der Waals surface area contributed by atoms with Gasteiger partial charge < -0.3 is 14.0 Å². The Morgan fingerprint density at radius 3 is 2.58 bits per heavy atom. The Morgan fingerprint density at radius 1 is 1.25 bits per heavy atom. The number of hydrogen-bond donors (Lipinski definition) is 0. The number of carbonyl (C=O) groups excluding carboxylic acids is 2. The molecule has 0 aliphatic rings. The number of rotatable bonds is 6. The molecule has 0 aliphatic heterocycles. The van der Waals surface area contributed by atoms with Gasteiger partial charge in [0.15, 0.2) is 6.61 Å². The van der Waals surface area contributed by atoms with Crippen LogP contribution in [0.5, 0.6) is 5.75 Å². The number of halogens is 1. The van der Waals surface area contributed by atoms with Crippen LogP contribution in [0.25, 0.3) is 0 Å². The van der Waals surface area contributed by atoms with E-state index in [2.05, 4.69) is 0 Å². The normalized spacial score (nSPS) is 10.5. The zero-order valence-electron chi connectivity index (χ0n) is 14.2. The van der Waals surface area contributed by atoms with Gasteiger partial charge in [-0.2, -0.15) is 0 Å². The second kappa shape index (κ2) is 7.53. The lowest BCUT2D eigenvalue weighted by molar-refractivity contribution is 0.0514. The van der Waals surface area contributed by atoms with E-state index in [1.165, 1.54) is 0 Å². The van der Waals surface area contributed by atoms with Gasteiger partial charge in [0.2, 0.25) is 5.78 Å². The van der Waals surface area contributed by atoms with E-state index in [4.69, 9.17) is 21.1 Å². The standard InChI is InChI=1S/C18H20ClNO4/c1-5-23-18(22)17-11(2)16(12(3)20(17)4)15(21)10-24-14-8-6-7-13(19)9-14/h6-9H,5,10H2,1-4H3. The van der Waals surface area contributed by atoms with E-state index in [-0.39, 0.29) is 19.0 Å². The van der Waals surface area contributed by atoms with Crippen LogP contribution in [-0.4, -0.2) is 29.5 Å². The van der Waals surface area contributed by atoms with Gasteiger partial charge in [-0.05, 0) is 44.5 Å². The number of hydrogen-bond acceptors (Lipinski definition) is 4. The molecule has 1 aromatic heterocycles. The van der Waals surface area contributed by atoms with E-state index in [0.717, 1.165) is 0 Å². The van der Waals surface area contributed by atoms with Gasteiger partial charge in [-0.25, -0.2) is 4.79 Å². The average molecular weight is 350 g/mol. The van der Waals surface area contributed by atoms with Gasteiger partial charge in [0, 0.05) is 23.3 Å². The summed E-state index contributed by atoms with van der Waals surface area (Å²) in [5, 5.41) is 0.539. The maximum absolute atomic E-state index is 12.6. The first-order valence-corrected chi connectivity index (χ1v) is 7.99. The second-order valence-corrected chi connectivity index (χ2v) is 5.82. The topological polar surface area (TPSA) is 57.5 Å². The molecule has 0 fully saturated rings. The molecule has 128 valence electrons. The molecule has 0 spiro atoms. The summed E-state index contributed by atoms with van der Waals surface area (Å²) in [5.41, 5.74) is 2.19. The Balaban J connectivity index is 2.23. The lowest BCUT2D eigenvalue weighted by Crippen LogP contribution is -2.13. The summed E-state index contributed by atoms with van der Waals surface area (Å²) < 4.78 is 12.3. The molecule has 0 aliphatic carbocycles. The van der Waals surface area contributed by atoms with Gasteiger partial charge in [-0.1, -0.05) is 17.7 Å². The third kappa shape index (κ3) is 3.62. The van der Waals surface area contributed by atoms with Gasteiger partial charge in [-0.15, -0.1) is 0 Å². The molecule has 24 heavy (non-hydrogen) atoms. The summed E-state index contributed by atoms with van der Waals surface area (Å²) >= 11 is 5.90. The van der Waals surface area contributed by atoms with Crippen molar-refractivity contribution in [2.45, 2.75) is 20.8 Å². The molecule has 0 atom stereocenters. The van der Waals surface area contributed by atoms with E-state index in [9.17, 15) is 9.59 Å². The van der Waals surface area contributed by atoms with Crippen molar-refractivity contribution in [1.82, 2.24) is 4.57 Å². The van der Waals surface area contributed by atoms with E-state index < -0.39 is 5.97 Å². The maximum Gasteiger partial charge on any atom is 0.355 e. The summed E-state index contributed by atoms with van der Waals surface area (Å²) in [6, 6.07) is 6.85. The van der Waals surface area contributed by atoms with Crippen LogP contribution >= 0.6 is 11.6 Å². The predicted molar refractivity (Wildman–Crippen MR) is 92.1 cm³/mol. The van der Waals surface area contributed by atoms with E-state index >= 15 is 0 Å². The Labute approximate surface area is 146 Å². The molecule has 5 nitrogen and oxygen atoms in total. The van der Waals surface area contributed by atoms with Crippen molar-refractivity contribution in [1.29, 1.82) is 0 Å². The molecule has 0 saturated carbocycles. The number of nitrogens with zero attached hydrogens (tertiary/aromatic N) is 1. The molecule has 6 heteroatoms. The summed E-state index contributed by atoms with van der Waals surface area (Å²) in [6.45, 7) is 5.43. The number of Topliss-reactive ketones (excluding diaryl/α,β-unsaturated/α-hetero) is 1. The van der Waals surface area contributed by atoms with Crippen molar-refractivity contribution in [2.75, 3.05) is 13.2 Å². The molecule has 2 aromatic rings. The van der Waals surface area contributed by atoms with Crippen molar-refractivity contribution in [2.24, 2.45) is 7.05 Å². The zero-order valence-corrected chi connectivity index (χ0v) is 14.9. The van der Waals surface area contributed by atoms with Gasteiger partial charge in [0.05, 0.1) is 6.61 Å². The van der Waals surface area contributed by atoms with Crippen LogP contribution in [0, 0.1) is 13.8 Å². The largest absolute Gasteiger partial charge is 0.485 e. The third-order valence-electron chi connectivity index (χ3n) is 3.84. The monoisotopic (exact) mass is 349 g/mol. The molecule has 1 heterocycles. The molecule has 0 bridgehead atoms. The molecular formula is C18H20ClNO4. The number of benzene rings is 1. The minimum atomic E-state index is -0.435. The number of aromatic nitrogens is 1. The van der Waals surface area contributed by atoms with E-state index in [1.54, 1.807) is 56.7 Å². The van der Waals surface area contributed by atoms with Gasteiger partial charge in [-0.3, -0.25) is 4.79 Å². The maximum atomic E-state index is 12.6. The van der Waals surface area contributed by atoms with Crippen LogP contribution in [0.4, 0.5) is 0 Å². The van der Waals surface area contributed by atoms with Gasteiger partial charge in [0.25, 0.3) is 0 Å². The van der Waals surface area contributed by atoms with Crippen LogP contribution in [0.1, 0.15) is 39.0 Å².